The fraction of sp³-hybridized carbons (Fsp3) is 0.294. The summed E-state index contributed by atoms with van der Waals surface area (Å²) in [5.74, 6) is 0.172. The van der Waals surface area contributed by atoms with Crippen molar-refractivity contribution in [1.82, 2.24) is 15.2 Å². The van der Waals surface area contributed by atoms with E-state index in [0.29, 0.717) is 16.4 Å². The largest absolute Gasteiger partial charge is 0.411 e. The van der Waals surface area contributed by atoms with E-state index in [4.69, 9.17) is 4.42 Å². The average molecular weight is 454 g/mol. The maximum absolute atomic E-state index is 12.0. The topological polar surface area (TPSA) is 127 Å². The van der Waals surface area contributed by atoms with E-state index in [1.165, 1.54) is 11.3 Å². The van der Waals surface area contributed by atoms with Gasteiger partial charge in [0, 0.05) is 16.1 Å². The Morgan fingerprint density at radius 1 is 1.21 bits per heavy atom. The number of sulfonamides is 1. The first-order valence-corrected chi connectivity index (χ1v) is 12.0. The van der Waals surface area contributed by atoms with Crippen molar-refractivity contribution >= 4 is 49.8 Å². The molecule has 0 aliphatic heterocycles. The lowest BCUT2D eigenvalue weighted by Crippen LogP contribution is -2.14. The summed E-state index contributed by atoms with van der Waals surface area (Å²) in [6, 6.07) is 6.58. The number of carbonyl (C=O) groups is 1. The summed E-state index contributed by atoms with van der Waals surface area (Å²) in [6.45, 7) is 5.40. The van der Waals surface area contributed by atoms with Crippen LogP contribution in [0.15, 0.2) is 33.9 Å². The molecule has 12 heteroatoms. The van der Waals surface area contributed by atoms with Crippen molar-refractivity contribution in [2.24, 2.45) is 0 Å². The molecule has 3 aromatic rings. The minimum atomic E-state index is -3.33. The van der Waals surface area contributed by atoms with E-state index in [1.807, 2.05) is 13.8 Å². The third-order valence-corrected chi connectivity index (χ3v) is 6.91. The van der Waals surface area contributed by atoms with E-state index in [9.17, 15) is 13.2 Å². The summed E-state index contributed by atoms with van der Waals surface area (Å²) in [4.78, 5) is 17.4. The average Bonchev–Trinajstić information content (AvgIpc) is 3.27. The number of anilines is 2. The molecule has 0 bridgehead atoms. The molecule has 0 saturated carbocycles. The van der Waals surface area contributed by atoms with Gasteiger partial charge in [-0.2, -0.15) is 0 Å². The van der Waals surface area contributed by atoms with E-state index < -0.39 is 10.0 Å². The molecular weight excluding hydrogens is 434 g/mol. The maximum Gasteiger partial charge on any atom is 0.277 e. The van der Waals surface area contributed by atoms with Crippen LogP contribution in [0.2, 0.25) is 0 Å². The van der Waals surface area contributed by atoms with Gasteiger partial charge in [-0.15, -0.1) is 21.5 Å². The standard InChI is InChI=1S/C17H19N5O4S3/c1-4-29(24,25)22-13-7-5-12(6-8-13)15-20-21-17(26-15)27-9-14(23)19-16-18-10(2)11(3)28-16/h5-8,22H,4,9H2,1-3H3,(H,18,19,23). The van der Waals surface area contributed by atoms with E-state index in [0.717, 1.165) is 22.3 Å². The first-order chi connectivity index (χ1) is 13.8. The van der Waals surface area contributed by atoms with Gasteiger partial charge < -0.3 is 9.73 Å². The molecule has 0 spiro atoms. The molecule has 2 N–H and O–H groups in total. The quantitative estimate of drug-likeness (QED) is 0.497. The number of benzene rings is 1. The van der Waals surface area contributed by atoms with Gasteiger partial charge in [0.05, 0.1) is 17.2 Å². The van der Waals surface area contributed by atoms with Crippen LogP contribution in [0.5, 0.6) is 0 Å². The summed E-state index contributed by atoms with van der Waals surface area (Å²) in [7, 11) is -3.33. The Kier molecular flexibility index (Phi) is 6.55. The van der Waals surface area contributed by atoms with Gasteiger partial charge in [0.2, 0.25) is 21.8 Å². The van der Waals surface area contributed by atoms with Gasteiger partial charge in [0.15, 0.2) is 5.13 Å². The fourth-order valence-electron chi connectivity index (χ4n) is 2.13. The Labute approximate surface area is 176 Å². The highest BCUT2D eigenvalue weighted by atomic mass is 32.2. The number of thioether (sulfide) groups is 1. The molecule has 2 aromatic heterocycles. The Morgan fingerprint density at radius 2 is 1.93 bits per heavy atom. The Balaban J connectivity index is 1.57. The second-order valence-corrected chi connectivity index (χ2v) is 10.1. The molecule has 1 amide bonds. The predicted octanol–water partition coefficient (Wildman–Crippen LogP) is 3.30. The summed E-state index contributed by atoms with van der Waals surface area (Å²) >= 11 is 2.55. The second kappa shape index (κ2) is 8.93. The number of hydrogen-bond donors (Lipinski definition) is 2. The summed E-state index contributed by atoms with van der Waals surface area (Å²) in [5.41, 5.74) is 1.99. The normalized spacial score (nSPS) is 11.4. The highest BCUT2D eigenvalue weighted by molar-refractivity contribution is 7.99. The van der Waals surface area contributed by atoms with Crippen LogP contribution in [-0.2, 0) is 14.8 Å². The molecule has 1 aromatic carbocycles. The lowest BCUT2D eigenvalue weighted by Gasteiger charge is -2.05. The van der Waals surface area contributed by atoms with Crippen molar-refractivity contribution in [2.45, 2.75) is 26.0 Å². The highest BCUT2D eigenvalue weighted by Crippen LogP contribution is 2.25. The van der Waals surface area contributed by atoms with Crippen molar-refractivity contribution in [3.8, 4) is 11.5 Å². The van der Waals surface area contributed by atoms with Gasteiger partial charge in [-0.05, 0) is 45.0 Å². The van der Waals surface area contributed by atoms with E-state index in [1.54, 1.807) is 31.2 Å². The number of aromatic nitrogens is 3. The predicted molar refractivity (Wildman–Crippen MR) is 114 cm³/mol. The number of carbonyl (C=O) groups excluding carboxylic acids is 1. The zero-order valence-corrected chi connectivity index (χ0v) is 18.4. The Bertz CT molecular complexity index is 1090. The molecule has 2 heterocycles. The maximum atomic E-state index is 12.0. The van der Waals surface area contributed by atoms with Gasteiger partial charge in [-0.3, -0.25) is 9.52 Å². The van der Waals surface area contributed by atoms with Crippen molar-refractivity contribution in [1.29, 1.82) is 0 Å². The minimum Gasteiger partial charge on any atom is -0.411 e. The number of thiazole rings is 1. The van der Waals surface area contributed by atoms with Gasteiger partial charge in [0.1, 0.15) is 0 Å². The number of nitrogens with zero attached hydrogens (tertiary/aromatic N) is 3. The van der Waals surface area contributed by atoms with Crippen LogP contribution in [0.4, 0.5) is 10.8 Å². The van der Waals surface area contributed by atoms with Gasteiger partial charge in [0.25, 0.3) is 5.22 Å². The highest BCUT2D eigenvalue weighted by Gasteiger charge is 2.13. The number of amides is 1. The van der Waals surface area contributed by atoms with Crippen LogP contribution in [0.25, 0.3) is 11.5 Å². The van der Waals surface area contributed by atoms with Crippen LogP contribution in [0, 0.1) is 13.8 Å². The van der Waals surface area contributed by atoms with Crippen LogP contribution in [0.3, 0.4) is 0 Å². The third kappa shape index (κ3) is 5.78. The van der Waals surface area contributed by atoms with E-state index >= 15 is 0 Å². The summed E-state index contributed by atoms with van der Waals surface area (Å²) in [6.07, 6.45) is 0. The fourth-order valence-corrected chi connectivity index (χ4v) is 4.16. The second-order valence-electron chi connectivity index (χ2n) is 5.95. The van der Waals surface area contributed by atoms with Crippen LogP contribution in [0.1, 0.15) is 17.5 Å². The molecule has 3 rings (SSSR count). The molecule has 0 aliphatic rings. The molecule has 0 atom stereocenters. The molecule has 9 nitrogen and oxygen atoms in total. The van der Waals surface area contributed by atoms with Crippen LogP contribution in [-0.4, -0.2) is 41.0 Å². The van der Waals surface area contributed by atoms with Gasteiger partial charge in [-0.25, -0.2) is 13.4 Å². The smallest absolute Gasteiger partial charge is 0.277 e. The number of rotatable bonds is 8. The number of aryl methyl sites for hydroxylation is 2. The molecule has 0 saturated heterocycles. The zero-order chi connectivity index (χ0) is 21.0. The van der Waals surface area contributed by atoms with E-state index in [2.05, 4.69) is 25.2 Å². The Morgan fingerprint density at radius 3 is 2.55 bits per heavy atom. The summed E-state index contributed by atoms with van der Waals surface area (Å²) < 4.78 is 31.2. The van der Waals surface area contributed by atoms with Crippen molar-refractivity contribution in [3.63, 3.8) is 0 Å². The first kappa shape index (κ1) is 21.3. The number of hydrogen-bond acceptors (Lipinski definition) is 9. The van der Waals surface area contributed by atoms with Gasteiger partial charge in [-0.1, -0.05) is 11.8 Å². The summed E-state index contributed by atoms with van der Waals surface area (Å²) in [5, 5.41) is 11.5. The van der Waals surface area contributed by atoms with Crippen LogP contribution < -0.4 is 10.0 Å². The zero-order valence-electron chi connectivity index (χ0n) is 15.9. The lowest BCUT2D eigenvalue weighted by atomic mass is 10.2. The lowest BCUT2D eigenvalue weighted by molar-refractivity contribution is -0.113. The van der Waals surface area contributed by atoms with Crippen LogP contribution >= 0.6 is 23.1 Å². The molecule has 0 aliphatic carbocycles. The molecule has 154 valence electrons. The number of nitrogens with one attached hydrogen (secondary N) is 2. The van der Waals surface area contributed by atoms with Crippen molar-refractivity contribution in [3.05, 3.63) is 34.8 Å². The van der Waals surface area contributed by atoms with Gasteiger partial charge >= 0.3 is 0 Å². The molecule has 0 radical (unpaired) electrons. The SMILES string of the molecule is CCS(=O)(=O)Nc1ccc(-c2nnc(SCC(=O)Nc3nc(C)c(C)s3)o2)cc1. The minimum absolute atomic E-state index is 0.00562. The molecule has 0 fully saturated rings. The van der Waals surface area contributed by atoms with Crippen molar-refractivity contribution in [2.75, 3.05) is 21.5 Å². The van der Waals surface area contributed by atoms with Crippen molar-refractivity contribution < 1.29 is 17.6 Å². The Hall–Kier alpha value is -2.44. The molecular formula is C17H19N5O4S3. The monoisotopic (exact) mass is 453 g/mol. The third-order valence-electron chi connectivity index (χ3n) is 3.79. The van der Waals surface area contributed by atoms with E-state index in [-0.39, 0.29) is 28.5 Å². The first-order valence-electron chi connectivity index (χ1n) is 8.57. The molecule has 29 heavy (non-hydrogen) atoms. The molecule has 0 unspecified atom stereocenters.